The third-order valence-electron chi connectivity index (χ3n) is 5.45. The average molecular weight is 399 g/mol. The van der Waals surface area contributed by atoms with Crippen LogP contribution in [-0.4, -0.2) is 53.0 Å². The molecule has 3 rings (SSSR count). The number of para-hydroxylation sites is 1. The fourth-order valence-electron chi connectivity index (χ4n) is 3.84. The van der Waals surface area contributed by atoms with Gasteiger partial charge in [-0.3, -0.25) is 9.59 Å². The van der Waals surface area contributed by atoms with Gasteiger partial charge in [0, 0.05) is 26.2 Å². The lowest BCUT2D eigenvalue weighted by molar-refractivity contribution is 0.0754. The quantitative estimate of drug-likeness (QED) is 0.742. The van der Waals surface area contributed by atoms with E-state index in [1.165, 1.54) is 0 Å². The third-order valence-corrected chi connectivity index (χ3v) is 5.45. The van der Waals surface area contributed by atoms with Gasteiger partial charge in [0.2, 0.25) is 0 Å². The molecular weight excluding hydrogens is 368 g/mol. The topological polar surface area (TPSA) is 76.5 Å². The Balaban J connectivity index is 1.75. The molecule has 2 aromatic rings. The Hall–Kier alpha value is -2.83. The molecule has 1 aromatic carbocycles. The average Bonchev–Trinajstić information content (AvgIpc) is 3.14. The summed E-state index contributed by atoms with van der Waals surface area (Å²) in [4.78, 5) is 32.0. The van der Waals surface area contributed by atoms with Crippen LogP contribution >= 0.6 is 0 Å². The minimum atomic E-state index is -0.218. The number of nitrogens with zero attached hydrogens (tertiary/aromatic N) is 3. The van der Waals surface area contributed by atoms with Crippen molar-refractivity contribution in [2.24, 2.45) is 0 Å². The van der Waals surface area contributed by atoms with Gasteiger partial charge in [0.15, 0.2) is 5.82 Å². The minimum Gasteiger partial charge on any atom is -0.496 e. The molecule has 7 heteroatoms. The second-order valence-corrected chi connectivity index (χ2v) is 7.13. The Kier molecular flexibility index (Phi) is 6.90. The monoisotopic (exact) mass is 398 g/mol. The number of aromatic nitrogens is 2. The molecule has 1 N–H and O–H groups in total. The second kappa shape index (κ2) is 9.58. The number of amides is 2. The van der Waals surface area contributed by atoms with E-state index in [4.69, 9.17) is 4.74 Å². The van der Waals surface area contributed by atoms with Gasteiger partial charge in [-0.05, 0) is 51.2 Å². The zero-order valence-electron chi connectivity index (χ0n) is 17.5. The molecule has 2 heterocycles. The summed E-state index contributed by atoms with van der Waals surface area (Å²) in [6, 6.07) is 7.78. The van der Waals surface area contributed by atoms with Gasteiger partial charge in [-0.15, -0.1) is 0 Å². The summed E-state index contributed by atoms with van der Waals surface area (Å²) in [7, 11) is 1.64. The Morgan fingerprint density at radius 1 is 1.21 bits per heavy atom. The Bertz CT molecular complexity index is 871. The van der Waals surface area contributed by atoms with Crippen LogP contribution in [0.2, 0.25) is 0 Å². The van der Waals surface area contributed by atoms with E-state index in [1.54, 1.807) is 12.0 Å². The van der Waals surface area contributed by atoms with Crippen molar-refractivity contribution < 1.29 is 14.3 Å². The van der Waals surface area contributed by atoms with Gasteiger partial charge in [0.25, 0.3) is 11.8 Å². The summed E-state index contributed by atoms with van der Waals surface area (Å²) in [6.45, 7) is 6.36. The van der Waals surface area contributed by atoms with Crippen molar-refractivity contribution in [3.63, 3.8) is 0 Å². The number of hydrogen-bond acceptors (Lipinski definition) is 4. The van der Waals surface area contributed by atoms with Crippen LogP contribution in [0.5, 0.6) is 5.75 Å². The lowest BCUT2D eigenvalue weighted by Gasteiger charge is -2.21. The maximum absolute atomic E-state index is 12.9. The van der Waals surface area contributed by atoms with Crippen LogP contribution in [-0.2, 0) is 19.4 Å². The molecule has 0 atom stereocenters. The van der Waals surface area contributed by atoms with Crippen LogP contribution in [0.4, 0.5) is 0 Å². The summed E-state index contributed by atoms with van der Waals surface area (Å²) in [5.74, 6) is 0.877. The predicted octanol–water partition coefficient (Wildman–Crippen LogP) is 2.68. The van der Waals surface area contributed by atoms with Gasteiger partial charge in [0.05, 0.1) is 12.8 Å². The zero-order valence-corrected chi connectivity index (χ0v) is 17.5. The molecule has 1 aliphatic heterocycles. The summed E-state index contributed by atoms with van der Waals surface area (Å²) < 4.78 is 7.31. The van der Waals surface area contributed by atoms with Crippen molar-refractivity contribution in [1.29, 1.82) is 0 Å². The van der Waals surface area contributed by atoms with E-state index in [0.29, 0.717) is 37.6 Å². The molecule has 0 fully saturated rings. The normalized spacial score (nSPS) is 12.9. The molecule has 0 unspecified atom stereocenters. The second-order valence-electron chi connectivity index (χ2n) is 7.13. The standard InChI is InChI=1S/C22H30N4O3/c1-4-25(5-2)22(28)20-24-19(17-11-8-9-15-26(17)20)21(27)23-14-13-16-10-6-7-12-18(16)29-3/h6-7,10,12H,4-5,8-9,11,13-15H2,1-3H3,(H,23,27). The number of imidazole rings is 1. The SMILES string of the molecule is CCN(CC)C(=O)c1nc(C(=O)NCCc2ccccc2OC)c2n1CCCC2. The number of hydrogen-bond donors (Lipinski definition) is 1. The highest BCUT2D eigenvalue weighted by Gasteiger charge is 2.29. The molecule has 2 amide bonds. The first-order valence-electron chi connectivity index (χ1n) is 10.4. The molecule has 29 heavy (non-hydrogen) atoms. The number of nitrogens with one attached hydrogen (secondary N) is 1. The van der Waals surface area contributed by atoms with E-state index >= 15 is 0 Å². The van der Waals surface area contributed by atoms with Crippen molar-refractivity contribution in [3.8, 4) is 5.75 Å². The first-order valence-corrected chi connectivity index (χ1v) is 10.4. The maximum atomic E-state index is 12.9. The molecule has 156 valence electrons. The lowest BCUT2D eigenvalue weighted by Crippen LogP contribution is -2.33. The van der Waals surface area contributed by atoms with E-state index in [-0.39, 0.29) is 11.8 Å². The third kappa shape index (κ3) is 4.44. The molecule has 0 spiro atoms. The van der Waals surface area contributed by atoms with Crippen molar-refractivity contribution in [3.05, 3.63) is 47.0 Å². The molecule has 1 aliphatic rings. The van der Waals surface area contributed by atoms with Gasteiger partial charge < -0.3 is 19.5 Å². The van der Waals surface area contributed by atoms with Crippen LogP contribution in [0, 0.1) is 0 Å². The predicted molar refractivity (Wildman–Crippen MR) is 111 cm³/mol. The number of carbonyl (C=O) groups excluding carboxylic acids is 2. The fraction of sp³-hybridized carbons (Fsp3) is 0.500. The van der Waals surface area contributed by atoms with Gasteiger partial charge in [-0.1, -0.05) is 18.2 Å². The van der Waals surface area contributed by atoms with Gasteiger partial charge in [-0.25, -0.2) is 4.98 Å². The van der Waals surface area contributed by atoms with Crippen LogP contribution < -0.4 is 10.1 Å². The molecule has 1 aromatic heterocycles. The Morgan fingerprint density at radius 3 is 2.69 bits per heavy atom. The fourth-order valence-corrected chi connectivity index (χ4v) is 3.84. The number of ether oxygens (including phenoxy) is 1. The first kappa shape index (κ1) is 20.9. The maximum Gasteiger partial charge on any atom is 0.289 e. The largest absolute Gasteiger partial charge is 0.496 e. The number of carbonyl (C=O) groups is 2. The molecule has 0 aliphatic carbocycles. The Morgan fingerprint density at radius 2 is 1.97 bits per heavy atom. The molecule has 0 saturated heterocycles. The Labute approximate surface area is 172 Å². The van der Waals surface area contributed by atoms with Crippen LogP contribution in [0.3, 0.4) is 0 Å². The number of fused-ring (bicyclic) bond motifs is 1. The summed E-state index contributed by atoms with van der Waals surface area (Å²) in [5.41, 5.74) is 2.31. The highest BCUT2D eigenvalue weighted by Crippen LogP contribution is 2.22. The summed E-state index contributed by atoms with van der Waals surface area (Å²) >= 11 is 0. The van der Waals surface area contributed by atoms with E-state index < -0.39 is 0 Å². The molecular formula is C22H30N4O3. The van der Waals surface area contributed by atoms with Gasteiger partial charge >= 0.3 is 0 Å². The van der Waals surface area contributed by atoms with E-state index in [1.807, 2.05) is 42.7 Å². The van der Waals surface area contributed by atoms with E-state index in [9.17, 15) is 9.59 Å². The summed E-state index contributed by atoms with van der Waals surface area (Å²) in [5, 5.41) is 2.96. The number of benzene rings is 1. The van der Waals surface area contributed by atoms with E-state index in [2.05, 4.69) is 10.3 Å². The summed E-state index contributed by atoms with van der Waals surface area (Å²) in [6.07, 6.45) is 3.44. The van der Waals surface area contributed by atoms with Gasteiger partial charge in [-0.2, -0.15) is 0 Å². The van der Waals surface area contributed by atoms with Crippen molar-refractivity contribution in [2.45, 2.75) is 46.1 Å². The number of methoxy groups -OCH3 is 1. The molecule has 0 radical (unpaired) electrons. The van der Waals surface area contributed by atoms with Crippen molar-refractivity contribution in [2.75, 3.05) is 26.7 Å². The van der Waals surface area contributed by atoms with Crippen molar-refractivity contribution in [1.82, 2.24) is 19.8 Å². The van der Waals surface area contributed by atoms with Gasteiger partial charge in [0.1, 0.15) is 11.4 Å². The lowest BCUT2D eigenvalue weighted by atomic mass is 10.1. The van der Waals surface area contributed by atoms with E-state index in [0.717, 1.165) is 42.8 Å². The molecule has 7 nitrogen and oxygen atoms in total. The highest BCUT2D eigenvalue weighted by molar-refractivity contribution is 5.97. The van der Waals surface area contributed by atoms with Crippen LogP contribution in [0.1, 0.15) is 59.1 Å². The highest BCUT2D eigenvalue weighted by atomic mass is 16.5. The van der Waals surface area contributed by atoms with Crippen molar-refractivity contribution >= 4 is 11.8 Å². The molecule has 0 saturated carbocycles. The van der Waals surface area contributed by atoms with Crippen LogP contribution in [0.15, 0.2) is 24.3 Å². The van der Waals surface area contributed by atoms with Crippen LogP contribution in [0.25, 0.3) is 0 Å². The smallest absolute Gasteiger partial charge is 0.289 e. The molecule has 0 bridgehead atoms. The zero-order chi connectivity index (χ0) is 20.8. The number of rotatable bonds is 8. The minimum absolute atomic E-state index is 0.105. The first-order chi connectivity index (χ1) is 14.1.